The van der Waals surface area contributed by atoms with E-state index in [0.29, 0.717) is 48.2 Å². The molecular formula is C30H36N4O4. The molecule has 2 atom stereocenters. The molecule has 1 aliphatic carbocycles. The minimum atomic E-state index is -0.633. The molecule has 0 spiro atoms. The minimum absolute atomic E-state index is 0.115. The van der Waals surface area contributed by atoms with Crippen LogP contribution in [0.3, 0.4) is 0 Å². The Labute approximate surface area is 224 Å². The van der Waals surface area contributed by atoms with Crippen molar-refractivity contribution in [1.29, 1.82) is 0 Å². The second-order valence-electron chi connectivity index (χ2n) is 10.7. The normalized spacial score (nSPS) is 19.9. The number of hydrogen-bond donors (Lipinski definition) is 2. The lowest BCUT2D eigenvalue weighted by molar-refractivity contribution is -0.137. The molecule has 2 heterocycles. The quantitative estimate of drug-likeness (QED) is 0.483. The fraction of sp³-hybridized carbons (Fsp3) is 0.433. The van der Waals surface area contributed by atoms with Gasteiger partial charge in [0.15, 0.2) is 0 Å². The van der Waals surface area contributed by atoms with Crippen LogP contribution in [-0.4, -0.2) is 53.3 Å². The molecule has 2 aliphatic heterocycles. The molecule has 0 bridgehead atoms. The molecule has 0 radical (unpaired) electrons. The molecule has 8 heteroatoms. The molecule has 1 saturated carbocycles. The number of likely N-dealkylation sites (N-methyl/N-ethyl adjacent to an activating group) is 1. The molecule has 1 fully saturated rings. The summed E-state index contributed by atoms with van der Waals surface area (Å²) in [6.07, 6.45) is 2.84. The number of hydrogen-bond acceptors (Lipinski definition) is 4. The number of benzene rings is 2. The van der Waals surface area contributed by atoms with Crippen LogP contribution in [0, 0.1) is 11.8 Å². The average molecular weight is 517 g/mol. The number of amides is 4. The summed E-state index contributed by atoms with van der Waals surface area (Å²) in [6, 6.07) is 15.4. The van der Waals surface area contributed by atoms with Crippen LogP contribution in [0.2, 0.25) is 0 Å². The summed E-state index contributed by atoms with van der Waals surface area (Å²) < 4.78 is 6.02. The van der Waals surface area contributed by atoms with Gasteiger partial charge >= 0.3 is 6.03 Å². The van der Waals surface area contributed by atoms with Crippen LogP contribution in [0.4, 0.5) is 4.79 Å². The first-order chi connectivity index (χ1) is 18.4. The molecule has 2 aromatic rings. The Balaban J connectivity index is 1.44. The van der Waals surface area contributed by atoms with E-state index in [1.54, 1.807) is 9.80 Å². The predicted molar refractivity (Wildman–Crippen MR) is 144 cm³/mol. The van der Waals surface area contributed by atoms with Crippen LogP contribution in [-0.2, 0) is 9.59 Å². The number of nitrogens with zero attached hydrogens (tertiary/aromatic N) is 2. The first kappa shape index (κ1) is 25.8. The molecule has 38 heavy (non-hydrogen) atoms. The minimum Gasteiger partial charge on any atom is -0.457 e. The highest BCUT2D eigenvalue weighted by atomic mass is 16.5. The van der Waals surface area contributed by atoms with Crippen LogP contribution in [0.25, 0.3) is 0 Å². The number of urea groups is 1. The second kappa shape index (κ2) is 10.9. The zero-order valence-electron chi connectivity index (χ0n) is 22.3. The van der Waals surface area contributed by atoms with Crippen molar-refractivity contribution >= 4 is 17.8 Å². The molecule has 0 aromatic heterocycles. The molecule has 8 nitrogen and oxygen atoms in total. The topological polar surface area (TPSA) is 91.0 Å². The largest absolute Gasteiger partial charge is 0.457 e. The Morgan fingerprint density at radius 1 is 1.08 bits per heavy atom. The van der Waals surface area contributed by atoms with Crippen molar-refractivity contribution in [2.45, 2.75) is 52.1 Å². The summed E-state index contributed by atoms with van der Waals surface area (Å²) in [5, 5.41) is 6.10. The number of nitrogens with one attached hydrogen (secondary N) is 2. The highest BCUT2D eigenvalue weighted by molar-refractivity contribution is 6.03. The zero-order valence-corrected chi connectivity index (χ0v) is 22.3. The molecule has 200 valence electrons. The van der Waals surface area contributed by atoms with Gasteiger partial charge in [-0.25, -0.2) is 4.79 Å². The maximum atomic E-state index is 14.0. The van der Waals surface area contributed by atoms with Crippen LogP contribution in [0.15, 0.2) is 65.9 Å². The van der Waals surface area contributed by atoms with Gasteiger partial charge in [-0.3, -0.25) is 14.5 Å². The van der Waals surface area contributed by atoms with Gasteiger partial charge in [-0.15, -0.1) is 0 Å². The van der Waals surface area contributed by atoms with Gasteiger partial charge in [0, 0.05) is 13.1 Å². The summed E-state index contributed by atoms with van der Waals surface area (Å²) in [6.45, 7) is 7.32. The number of carbonyl (C=O) groups excluding carboxylic acids is 3. The second-order valence-corrected chi connectivity index (χ2v) is 10.7. The van der Waals surface area contributed by atoms with Crippen molar-refractivity contribution in [1.82, 2.24) is 20.4 Å². The smallest absolute Gasteiger partial charge is 0.322 e. The van der Waals surface area contributed by atoms with Crippen molar-refractivity contribution in [3.8, 4) is 11.5 Å². The monoisotopic (exact) mass is 516 g/mol. The summed E-state index contributed by atoms with van der Waals surface area (Å²) in [5.41, 5.74) is 1.94. The van der Waals surface area contributed by atoms with E-state index in [2.05, 4.69) is 24.5 Å². The highest BCUT2D eigenvalue weighted by Crippen LogP contribution is 2.39. The number of ether oxygens (including phenoxy) is 1. The fourth-order valence-corrected chi connectivity index (χ4v) is 5.24. The third kappa shape index (κ3) is 5.39. The molecule has 2 aromatic carbocycles. The predicted octanol–water partition coefficient (Wildman–Crippen LogP) is 4.60. The maximum absolute atomic E-state index is 14.0. The fourth-order valence-electron chi connectivity index (χ4n) is 5.24. The zero-order chi connectivity index (χ0) is 26.8. The molecule has 5 rings (SSSR count). The van der Waals surface area contributed by atoms with Crippen LogP contribution in [0.5, 0.6) is 11.5 Å². The molecule has 2 N–H and O–H groups in total. The van der Waals surface area contributed by atoms with Gasteiger partial charge in [-0.05, 0) is 67.9 Å². The van der Waals surface area contributed by atoms with E-state index < -0.39 is 12.1 Å². The Morgan fingerprint density at radius 2 is 1.82 bits per heavy atom. The van der Waals surface area contributed by atoms with Crippen molar-refractivity contribution in [3.63, 3.8) is 0 Å². The standard InChI is InChI=1S/C30H36N4O4/c1-4-33-25-18-34(24(15-19(2)3)28(35)31-17-20-13-14-20)29(36)26(25)27(32-30(33)37)21-9-8-12-23(16-21)38-22-10-6-5-7-11-22/h5-12,16,19-20,24,27H,4,13-15,17-18H2,1-3H3,(H,31,35)(H,32,37)/t24-,27+/m0/s1. The molecule has 0 unspecified atom stereocenters. The van der Waals surface area contributed by atoms with Crippen molar-refractivity contribution < 1.29 is 19.1 Å². The van der Waals surface area contributed by atoms with Crippen molar-refractivity contribution in [3.05, 3.63) is 71.4 Å². The van der Waals surface area contributed by atoms with Gasteiger partial charge in [0.25, 0.3) is 5.91 Å². The third-order valence-electron chi connectivity index (χ3n) is 7.37. The lowest BCUT2D eigenvalue weighted by Gasteiger charge is -2.33. The highest BCUT2D eigenvalue weighted by Gasteiger charge is 2.47. The van der Waals surface area contributed by atoms with E-state index in [0.717, 1.165) is 18.4 Å². The van der Waals surface area contributed by atoms with E-state index in [-0.39, 0.29) is 30.3 Å². The van der Waals surface area contributed by atoms with Crippen molar-refractivity contribution in [2.24, 2.45) is 11.8 Å². The van der Waals surface area contributed by atoms with Crippen LogP contribution >= 0.6 is 0 Å². The first-order valence-electron chi connectivity index (χ1n) is 13.6. The molecular weight excluding hydrogens is 480 g/mol. The summed E-state index contributed by atoms with van der Waals surface area (Å²) in [4.78, 5) is 43.7. The number of carbonyl (C=O) groups is 3. The van der Waals surface area contributed by atoms with E-state index in [9.17, 15) is 14.4 Å². The van der Waals surface area contributed by atoms with E-state index >= 15 is 0 Å². The van der Waals surface area contributed by atoms with E-state index in [1.807, 2.05) is 61.5 Å². The summed E-state index contributed by atoms with van der Waals surface area (Å²) >= 11 is 0. The number of para-hydroxylation sites is 1. The van der Waals surface area contributed by atoms with Gasteiger partial charge in [0.05, 0.1) is 23.9 Å². The number of rotatable bonds is 10. The first-order valence-corrected chi connectivity index (χ1v) is 13.6. The molecule has 0 saturated heterocycles. The van der Waals surface area contributed by atoms with Gasteiger partial charge in [-0.1, -0.05) is 44.2 Å². The maximum Gasteiger partial charge on any atom is 0.322 e. The Kier molecular flexibility index (Phi) is 7.40. The van der Waals surface area contributed by atoms with Crippen LogP contribution < -0.4 is 15.4 Å². The van der Waals surface area contributed by atoms with Crippen molar-refractivity contribution in [2.75, 3.05) is 19.6 Å². The van der Waals surface area contributed by atoms with E-state index in [4.69, 9.17) is 4.74 Å². The van der Waals surface area contributed by atoms with Gasteiger partial charge in [-0.2, -0.15) is 0 Å². The summed E-state index contributed by atoms with van der Waals surface area (Å²) in [5.74, 6) is 1.77. The molecule has 4 amide bonds. The average Bonchev–Trinajstić information content (AvgIpc) is 3.68. The Hall–Kier alpha value is -3.81. The van der Waals surface area contributed by atoms with Crippen LogP contribution in [0.1, 0.15) is 51.6 Å². The third-order valence-corrected chi connectivity index (χ3v) is 7.37. The SMILES string of the molecule is CCN1C(=O)N[C@H](c2cccc(Oc3ccccc3)c2)C2=C1CN([C@@H](CC(C)C)C(=O)NCC1CC1)C2=O. The van der Waals surface area contributed by atoms with Gasteiger partial charge in [0.2, 0.25) is 5.91 Å². The van der Waals surface area contributed by atoms with Gasteiger partial charge < -0.3 is 20.3 Å². The van der Waals surface area contributed by atoms with Gasteiger partial charge in [0.1, 0.15) is 17.5 Å². The Morgan fingerprint density at radius 3 is 2.50 bits per heavy atom. The summed E-state index contributed by atoms with van der Waals surface area (Å²) in [7, 11) is 0. The van der Waals surface area contributed by atoms with E-state index in [1.165, 1.54) is 0 Å². The lowest BCUT2D eigenvalue weighted by atomic mass is 9.95. The molecule has 3 aliphatic rings. The Bertz CT molecular complexity index is 1240. The lowest BCUT2D eigenvalue weighted by Crippen LogP contribution is -2.49.